The van der Waals surface area contributed by atoms with E-state index in [9.17, 15) is 9.90 Å². The largest absolute Gasteiger partial charge is 0.508 e. The van der Waals surface area contributed by atoms with Crippen LogP contribution in [0.25, 0.3) is 11.0 Å². The second kappa shape index (κ2) is 5.46. The summed E-state index contributed by atoms with van der Waals surface area (Å²) in [6.45, 7) is 0.250. The Bertz CT molecular complexity index is 781. The number of rotatable bonds is 3. The summed E-state index contributed by atoms with van der Waals surface area (Å²) in [6.07, 6.45) is 0. The number of nitrogens with zero attached hydrogens (tertiary/aromatic N) is 1. The van der Waals surface area contributed by atoms with E-state index in [1.807, 2.05) is 24.3 Å². The maximum absolute atomic E-state index is 12.1. The van der Waals surface area contributed by atoms with Crippen LogP contribution < -0.4 is 5.32 Å². The molecule has 106 valence electrons. The van der Waals surface area contributed by atoms with Crippen molar-refractivity contribution < 1.29 is 9.90 Å². The van der Waals surface area contributed by atoms with Crippen molar-refractivity contribution in [3.63, 3.8) is 0 Å². The Morgan fingerprint density at radius 1 is 1.29 bits per heavy atom. The summed E-state index contributed by atoms with van der Waals surface area (Å²) in [4.78, 5) is 19.5. The smallest absolute Gasteiger partial charge is 0.253 e. The van der Waals surface area contributed by atoms with E-state index in [1.165, 1.54) is 18.2 Å². The van der Waals surface area contributed by atoms with Crippen molar-refractivity contribution in [3.05, 3.63) is 58.9 Å². The third-order valence-electron chi connectivity index (χ3n) is 3.05. The van der Waals surface area contributed by atoms with Crippen LogP contribution >= 0.6 is 11.6 Å². The van der Waals surface area contributed by atoms with E-state index < -0.39 is 0 Å². The molecule has 0 atom stereocenters. The Labute approximate surface area is 125 Å². The number of phenolic OH excluding ortho intramolecular Hbond substituents is 1. The van der Waals surface area contributed by atoms with Gasteiger partial charge in [-0.2, -0.15) is 0 Å². The fraction of sp³-hybridized carbons (Fsp3) is 0.0667. The van der Waals surface area contributed by atoms with Gasteiger partial charge in [0.2, 0.25) is 0 Å². The van der Waals surface area contributed by atoms with Gasteiger partial charge >= 0.3 is 0 Å². The normalized spacial score (nSPS) is 10.7. The van der Waals surface area contributed by atoms with Crippen LogP contribution in [-0.2, 0) is 6.54 Å². The quantitative estimate of drug-likeness (QED) is 0.696. The first-order chi connectivity index (χ1) is 10.1. The summed E-state index contributed by atoms with van der Waals surface area (Å²) in [6, 6.07) is 11.9. The zero-order valence-electron chi connectivity index (χ0n) is 10.9. The van der Waals surface area contributed by atoms with Crippen LogP contribution in [0, 0.1) is 0 Å². The molecule has 0 aliphatic carbocycles. The van der Waals surface area contributed by atoms with Crippen molar-refractivity contribution in [2.24, 2.45) is 0 Å². The van der Waals surface area contributed by atoms with E-state index >= 15 is 0 Å². The van der Waals surface area contributed by atoms with Gasteiger partial charge in [0, 0.05) is 0 Å². The number of imidazole rings is 1. The number of carbonyl (C=O) groups excluding carboxylic acids is 1. The topological polar surface area (TPSA) is 78.0 Å². The van der Waals surface area contributed by atoms with Crippen LogP contribution in [0.15, 0.2) is 42.5 Å². The molecular formula is C15H12ClN3O2. The van der Waals surface area contributed by atoms with E-state index in [2.05, 4.69) is 15.3 Å². The molecule has 1 heterocycles. The number of hydrogen-bond donors (Lipinski definition) is 3. The molecule has 0 bridgehead atoms. The highest BCUT2D eigenvalue weighted by Gasteiger charge is 2.12. The van der Waals surface area contributed by atoms with Crippen molar-refractivity contribution in [3.8, 4) is 5.75 Å². The van der Waals surface area contributed by atoms with Crippen LogP contribution in [-0.4, -0.2) is 21.0 Å². The Morgan fingerprint density at radius 3 is 2.90 bits per heavy atom. The number of phenols is 1. The van der Waals surface area contributed by atoms with Gasteiger partial charge in [0.05, 0.1) is 28.2 Å². The minimum Gasteiger partial charge on any atom is -0.508 e. The van der Waals surface area contributed by atoms with E-state index in [0.717, 1.165) is 11.0 Å². The SMILES string of the molecule is O=C(NCc1nc2ccccc2[nH]1)c1cc(O)ccc1Cl. The molecule has 0 aliphatic heterocycles. The van der Waals surface area contributed by atoms with Crippen LogP contribution in [0.2, 0.25) is 5.02 Å². The minimum atomic E-state index is -0.364. The average molecular weight is 302 g/mol. The summed E-state index contributed by atoms with van der Waals surface area (Å²) in [5, 5.41) is 12.4. The first-order valence-corrected chi connectivity index (χ1v) is 6.71. The summed E-state index contributed by atoms with van der Waals surface area (Å²) in [7, 11) is 0. The first-order valence-electron chi connectivity index (χ1n) is 6.34. The van der Waals surface area contributed by atoms with Crippen molar-refractivity contribution in [2.75, 3.05) is 0 Å². The highest BCUT2D eigenvalue weighted by Crippen LogP contribution is 2.21. The molecule has 1 aromatic heterocycles. The van der Waals surface area contributed by atoms with Crippen LogP contribution in [0.4, 0.5) is 0 Å². The summed E-state index contributed by atoms with van der Waals surface area (Å²) in [5.74, 6) is 0.283. The highest BCUT2D eigenvalue weighted by atomic mass is 35.5. The predicted molar refractivity (Wildman–Crippen MR) is 80.4 cm³/mol. The van der Waals surface area contributed by atoms with Gasteiger partial charge in [0.1, 0.15) is 11.6 Å². The molecule has 0 spiro atoms. The molecule has 0 saturated carbocycles. The highest BCUT2D eigenvalue weighted by molar-refractivity contribution is 6.33. The number of aromatic amines is 1. The Hall–Kier alpha value is -2.53. The number of carbonyl (C=O) groups is 1. The van der Waals surface area contributed by atoms with Gasteiger partial charge in [0.25, 0.3) is 5.91 Å². The molecule has 3 N–H and O–H groups in total. The molecule has 2 aromatic carbocycles. The molecule has 0 radical (unpaired) electrons. The van der Waals surface area contributed by atoms with Gasteiger partial charge in [0.15, 0.2) is 0 Å². The second-order valence-corrected chi connectivity index (χ2v) is 4.95. The molecule has 5 nitrogen and oxygen atoms in total. The standard InChI is InChI=1S/C15H12ClN3O2/c16-11-6-5-9(20)7-10(11)15(21)17-8-14-18-12-3-1-2-4-13(12)19-14/h1-7,20H,8H2,(H,17,21)(H,18,19). The molecule has 0 fully saturated rings. The Kier molecular flexibility index (Phi) is 3.50. The Balaban J connectivity index is 1.74. The number of aromatic hydroxyl groups is 1. The van der Waals surface area contributed by atoms with E-state index in [4.69, 9.17) is 11.6 Å². The lowest BCUT2D eigenvalue weighted by Crippen LogP contribution is -2.23. The predicted octanol–water partition coefficient (Wildman–Crippen LogP) is 2.85. The molecule has 6 heteroatoms. The maximum atomic E-state index is 12.1. The lowest BCUT2D eigenvalue weighted by molar-refractivity contribution is 0.0949. The number of amides is 1. The third-order valence-corrected chi connectivity index (χ3v) is 3.38. The van der Waals surface area contributed by atoms with Crippen LogP contribution in [0.3, 0.4) is 0 Å². The fourth-order valence-electron chi connectivity index (χ4n) is 2.04. The van der Waals surface area contributed by atoms with Crippen molar-refractivity contribution in [2.45, 2.75) is 6.54 Å². The third kappa shape index (κ3) is 2.83. The van der Waals surface area contributed by atoms with Crippen LogP contribution in [0.5, 0.6) is 5.75 Å². The van der Waals surface area contributed by atoms with Crippen molar-refractivity contribution in [1.29, 1.82) is 0 Å². The fourth-order valence-corrected chi connectivity index (χ4v) is 2.24. The van der Waals surface area contributed by atoms with Gasteiger partial charge in [-0.05, 0) is 30.3 Å². The minimum absolute atomic E-state index is 0.00622. The van der Waals surface area contributed by atoms with Crippen molar-refractivity contribution >= 4 is 28.5 Å². The van der Waals surface area contributed by atoms with E-state index in [-0.39, 0.29) is 28.8 Å². The molecule has 0 unspecified atom stereocenters. The molecule has 21 heavy (non-hydrogen) atoms. The zero-order chi connectivity index (χ0) is 14.8. The monoisotopic (exact) mass is 301 g/mol. The lowest BCUT2D eigenvalue weighted by atomic mass is 10.2. The maximum Gasteiger partial charge on any atom is 0.253 e. The summed E-state index contributed by atoms with van der Waals surface area (Å²) in [5.41, 5.74) is 1.99. The molecule has 3 rings (SSSR count). The van der Waals surface area contributed by atoms with E-state index in [1.54, 1.807) is 0 Å². The number of para-hydroxylation sites is 2. The van der Waals surface area contributed by atoms with E-state index in [0.29, 0.717) is 5.82 Å². The van der Waals surface area contributed by atoms with Gasteiger partial charge in [-0.3, -0.25) is 4.79 Å². The van der Waals surface area contributed by atoms with Gasteiger partial charge in [-0.15, -0.1) is 0 Å². The lowest BCUT2D eigenvalue weighted by Gasteiger charge is -2.05. The molecular weight excluding hydrogens is 290 g/mol. The van der Waals surface area contributed by atoms with Gasteiger partial charge in [-0.1, -0.05) is 23.7 Å². The molecule has 3 aromatic rings. The van der Waals surface area contributed by atoms with Gasteiger partial charge in [-0.25, -0.2) is 4.98 Å². The van der Waals surface area contributed by atoms with Crippen molar-refractivity contribution in [1.82, 2.24) is 15.3 Å². The summed E-state index contributed by atoms with van der Waals surface area (Å²) >= 11 is 5.94. The summed E-state index contributed by atoms with van der Waals surface area (Å²) < 4.78 is 0. The number of benzene rings is 2. The second-order valence-electron chi connectivity index (χ2n) is 4.55. The number of fused-ring (bicyclic) bond motifs is 1. The Morgan fingerprint density at radius 2 is 2.10 bits per heavy atom. The first kappa shape index (κ1) is 13.5. The molecule has 1 amide bonds. The van der Waals surface area contributed by atoms with Crippen LogP contribution in [0.1, 0.15) is 16.2 Å². The molecule has 0 saturated heterocycles. The number of nitrogens with one attached hydrogen (secondary N) is 2. The number of aromatic nitrogens is 2. The molecule has 0 aliphatic rings. The average Bonchev–Trinajstić information content (AvgIpc) is 2.90. The number of hydrogen-bond acceptors (Lipinski definition) is 3. The number of halogens is 1. The number of H-pyrrole nitrogens is 1. The van der Waals surface area contributed by atoms with Gasteiger partial charge < -0.3 is 15.4 Å². The zero-order valence-corrected chi connectivity index (χ0v) is 11.7.